The molecule has 1 aliphatic rings. The number of aliphatic hydroxyl groups is 1. The van der Waals surface area contributed by atoms with Gasteiger partial charge in [0.1, 0.15) is 0 Å². The molecule has 0 aliphatic carbocycles. The number of nitrogens with zero attached hydrogens (tertiary/aromatic N) is 1. The lowest BCUT2D eigenvalue weighted by molar-refractivity contribution is 0.0515. The van der Waals surface area contributed by atoms with E-state index in [-0.39, 0.29) is 6.10 Å². The number of rotatable bonds is 6. The Balaban J connectivity index is 2.22. The summed E-state index contributed by atoms with van der Waals surface area (Å²) < 4.78 is 0. The van der Waals surface area contributed by atoms with Crippen LogP contribution in [0.2, 0.25) is 0 Å². The van der Waals surface area contributed by atoms with E-state index in [9.17, 15) is 5.11 Å². The van der Waals surface area contributed by atoms with Crippen molar-refractivity contribution in [2.24, 2.45) is 11.8 Å². The van der Waals surface area contributed by atoms with Crippen LogP contribution >= 0.6 is 0 Å². The summed E-state index contributed by atoms with van der Waals surface area (Å²) in [7, 11) is 0. The Hall–Kier alpha value is -0.120. The molecule has 102 valence electrons. The highest BCUT2D eigenvalue weighted by atomic mass is 16.3. The molecule has 0 saturated carbocycles. The van der Waals surface area contributed by atoms with E-state index in [0.29, 0.717) is 12.0 Å². The average Bonchev–Trinajstić information content (AvgIpc) is 2.24. The number of piperidine rings is 1. The van der Waals surface area contributed by atoms with Gasteiger partial charge in [0.25, 0.3) is 0 Å². The number of likely N-dealkylation sites (tertiary alicyclic amines) is 1. The zero-order valence-corrected chi connectivity index (χ0v) is 11.9. The summed E-state index contributed by atoms with van der Waals surface area (Å²) in [5, 5.41) is 13.3. The SMILES string of the molecule is CC(C)CNCC(O)CN1CCCC(C)C1C. The van der Waals surface area contributed by atoms with Crippen molar-refractivity contribution >= 4 is 0 Å². The molecule has 3 nitrogen and oxygen atoms in total. The predicted molar refractivity (Wildman–Crippen MR) is 73.1 cm³/mol. The first kappa shape index (κ1) is 14.9. The molecule has 3 heteroatoms. The van der Waals surface area contributed by atoms with Crippen LogP contribution in [0.5, 0.6) is 0 Å². The Labute approximate surface area is 107 Å². The van der Waals surface area contributed by atoms with Gasteiger partial charge in [-0.05, 0) is 44.7 Å². The second-order valence-electron chi connectivity index (χ2n) is 6.06. The Morgan fingerprint density at radius 1 is 1.29 bits per heavy atom. The van der Waals surface area contributed by atoms with Gasteiger partial charge in [0.2, 0.25) is 0 Å². The van der Waals surface area contributed by atoms with Gasteiger partial charge < -0.3 is 10.4 Å². The molecule has 0 aromatic rings. The molecule has 1 fully saturated rings. The van der Waals surface area contributed by atoms with Crippen LogP contribution in [0.1, 0.15) is 40.5 Å². The zero-order chi connectivity index (χ0) is 12.8. The molecule has 1 rings (SSSR count). The molecule has 3 unspecified atom stereocenters. The fraction of sp³-hybridized carbons (Fsp3) is 1.00. The lowest BCUT2D eigenvalue weighted by Crippen LogP contribution is -2.47. The minimum Gasteiger partial charge on any atom is -0.390 e. The second-order valence-corrected chi connectivity index (χ2v) is 6.06. The lowest BCUT2D eigenvalue weighted by Gasteiger charge is -2.39. The van der Waals surface area contributed by atoms with Gasteiger partial charge in [0, 0.05) is 19.1 Å². The second kappa shape index (κ2) is 7.34. The van der Waals surface area contributed by atoms with Gasteiger partial charge in [0.05, 0.1) is 6.10 Å². The Morgan fingerprint density at radius 3 is 2.65 bits per heavy atom. The van der Waals surface area contributed by atoms with Crippen molar-refractivity contribution in [1.29, 1.82) is 0 Å². The van der Waals surface area contributed by atoms with E-state index in [1.807, 2.05) is 0 Å². The summed E-state index contributed by atoms with van der Waals surface area (Å²) in [6.45, 7) is 12.7. The maximum absolute atomic E-state index is 10.0. The quantitative estimate of drug-likeness (QED) is 0.744. The summed E-state index contributed by atoms with van der Waals surface area (Å²) in [6, 6.07) is 0.614. The van der Waals surface area contributed by atoms with Gasteiger partial charge in [-0.15, -0.1) is 0 Å². The van der Waals surface area contributed by atoms with E-state index in [4.69, 9.17) is 0 Å². The maximum atomic E-state index is 10.0. The minimum absolute atomic E-state index is 0.235. The van der Waals surface area contributed by atoms with Crippen molar-refractivity contribution in [3.05, 3.63) is 0 Å². The topological polar surface area (TPSA) is 35.5 Å². The summed E-state index contributed by atoms with van der Waals surface area (Å²) in [5.41, 5.74) is 0. The Kier molecular flexibility index (Phi) is 6.45. The number of nitrogens with one attached hydrogen (secondary N) is 1. The van der Waals surface area contributed by atoms with Crippen LogP contribution in [0.4, 0.5) is 0 Å². The third-order valence-electron chi connectivity index (χ3n) is 3.88. The molecule has 1 heterocycles. The zero-order valence-electron chi connectivity index (χ0n) is 11.9. The highest BCUT2D eigenvalue weighted by molar-refractivity contribution is 4.80. The van der Waals surface area contributed by atoms with Gasteiger partial charge in [-0.3, -0.25) is 4.90 Å². The normalized spacial score (nSPS) is 28.6. The molecule has 0 bridgehead atoms. The van der Waals surface area contributed by atoms with Gasteiger partial charge in [-0.1, -0.05) is 20.8 Å². The predicted octanol–water partition coefficient (Wildman–Crippen LogP) is 1.71. The minimum atomic E-state index is -0.235. The number of aliphatic hydroxyl groups excluding tert-OH is 1. The molecular weight excluding hydrogens is 212 g/mol. The summed E-state index contributed by atoms with van der Waals surface area (Å²) >= 11 is 0. The molecule has 2 N–H and O–H groups in total. The van der Waals surface area contributed by atoms with Crippen molar-refractivity contribution < 1.29 is 5.11 Å². The van der Waals surface area contributed by atoms with E-state index < -0.39 is 0 Å². The van der Waals surface area contributed by atoms with E-state index in [2.05, 4.69) is 37.9 Å². The van der Waals surface area contributed by atoms with Gasteiger partial charge in [-0.25, -0.2) is 0 Å². The average molecular weight is 242 g/mol. The third kappa shape index (κ3) is 5.36. The number of hydrogen-bond donors (Lipinski definition) is 2. The van der Waals surface area contributed by atoms with Crippen LogP contribution in [0, 0.1) is 11.8 Å². The summed E-state index contributed by atoms with van der Waals surface area (Å²) in [4.78, 5) is 2.44. The van der Waals surface area contributed by atoms with E-state index in [1.165, 1.54) is 12.8 Å². The van der Waals surface area contributed by atoms with Crippen LogP contribution in [-0.4, -0.2) is 48.3 Å². The molecular formula is C14H30N2O. The first-order valence-electron chi connectivity index (χ1n) is 7.13. The molecule has 0 aromatic heterocycles. The highest BCUT2D eigenvalue weighted by Crippen LogP contribution is 2.22. The monoisotopic (exact) mass is 242 g/mol. The van der Waals surface area contributed by atoms with Gasteiger partial charge in [-0.2, -0.15) is 0 Å². The van der Waals surface area contributed by atoms with Crippen molar-refractivity contribution in [1.82, 2.24) is 10.2 Å². The highest BCUT2D eigenvalue weighted by Gasteiger charge is 2.25. The van der Waals surface area contributed by atoms with Crippen molar-refractivity contribution in [3.63, 3.8) is 0 Å². The first-order chi connectivity index (χ1) is 8.00. The van der Waals surface area contributed by atoms with Gasteiger partial charge >= 0.3 is 0 Å². The molecule has 0 aromatic carbocycles. The van der Waals surface area contributed by atoms with E-state index >= 15 is 0 Å². The molecule has 3 atom stereocenters. The van der Waals surface area contributed by atoms with Crippen LogP contribution in [-0.2, 0) is 0 Å². The Morgan fingerprint density at radius 2 is 2.00 bits per heavy atom. The molecule has 1 aliphatic heterocycles. The maximum Gasteiger partial charge on any atom is 0.0791 e. The smallest absolute Gasteiger partial charge is 0.0791 e. The van der Waals surface area contributed by atoms with Crippen LogP contribution in [0.15, 0.2) is 0 Å². The fourth-order valence-electron chi connectivity index (χ4n) is 2.55. The molecule has 17 heavy (non-hydrogen) atoms. The largest absolute Gasteiger partial charge is 0.390 e. The van der Waals surface area contributed by atoms with E-state index in [1.54, 1.807) is 0 Å². The molecule has 0 amide bonds. The van der Waals surface area contributed by atoms with Gasteiger partial charge in [0.15, 0.2) is 0 Å². The van der Waals surface area contributed by atoms with Crippen molar-refractivity contribution in [2.45, 2.75) is 52.7 Å². The molecule has 1 saturated heterocycles. The molecule has 0 spiro atoms. The van der Waals surface area contributed by atoms with Crippen LogP contribution in [0.25, 0.3) is 0 Å². The lowest BCUT2D eigenvalue weighted by atomic mass is 9.92. The summed E-state index contributed by atoms with van der Waals surface area (Å²) in [6.07, 6.45) is 2.37. The third-order valence-corrected chi connectivity index (χ3v) is 3.88. The number of hydrogen-bond acceptors (Lipinski definition) is 3. The summed E-state index contributed by atoms with van der Waals surface area (Å²) in [5.74, 6) is 1.41. The first-order valence-corrected chi connectivity index (χ1v) is 7.13. The standard InChI is InChI=1S/C14H30N2O/c1-11(2)8-15-9-14(17)10-16-7-5-6-12(3)13(16)4/h11-15,17H,5-10H2,1-4H3. The molecule has 0 radical (unpaired) electrons. The van der Waals surface area contributed by atoms with Crippen molar-refractivity contribution in [2.75, 3.05) is 26.2 Å². The van der Waals surface area contributed by atoms with Crippen LogP contribution in [0.3, 0.4) is 0 Å². The van der Waals surface area contributed by atoms with E-state index in [0.717, 1.165) is 32.1 Å². The van der Waals surface area contributed by atoms with Crippen LogP contribution < -0.4 is 5.32 Å². The Bertz CT molecular complexity index is 208. The number of β-amino-alcohol motifs (C(OH)–C–C–N with tert-alkyl or cyclic N) is 1. The van der Waals surface area contributed by atoms with Crippen molar-refractivity contribution in [3.8, 4) is 0 Å². The fourth-order valence-corrected chi connectivity index (χ4v) is 2.55.